The maximum atomic E-state index is 12.8. The molecule has 0 aliphatic heterocycles. The second-order valence-corrected chi connectivity index (χ2v) is 7.57. The molecule has 0 saturated carbocycles. The first-order chi connectivity index (χ1) is 10.9. The third-order valence-electron chi connectivity index (χ3n) is 4.28. The summed E-state index contributed by atoms with van der Waals surface area (Å²) in [6, 6.07) is 4.90. The van der Waals surface area contributed by atoms with Crippen LogP contribution in [0.4, 0.5) is 0 Å². The van der Waals surface area contributed by atoms with Crippen molar-refractivity contribution in [3.05, 3.63) is 41.2 Å². The van der Waals surface area contributed by atoms with Crippen LogP contribution in [0.25, 0.3) is 0 Å². The third-order valence-corrected chi connectivity index (χ3v) is 5.77. The van der Waals surface area contributed by atoms with E-state index in [1.807, 2.05) is 24.7 Å². The van der Waals surface area contributed by atoms with Crippen molar-refractivity contribution < 1.29 is 13.2 Å². The number of aromatic nitrogens is 2. The summed E-state index contributed by atoms with van der Waals surface area (Å²) in [7, 11) is -0.307. The summed E-state index contributed by atoms with van der Waals surface area (Å²) in [5, 5.41) is 4.26. The van der Waals surface area contributed by atoms with E-state index >= 15 is 0 Å². The highest BCUT2D eigenvalue weighted by Gasteiger charge is 2.29. The summed E-state index contributed by atoms with van der Waals surface area (Å²) in [6.07, 6.45) is 4.39. The van der Waals surface area contributed by atoms with Crippen LogP contribution in [0.3, 0.4) is 0 Å². The Morgan fingerprint density at radius 1 is 1.39 bits per heavy atom. The molecule has 0 bridgehead atoms. The molecule has 0 spiro atoms. The summed E-state index contributed by atoms with van der Waals surface area (Å²) in [4.78, 5) is 0.177. The summed E-state index contributed by atoms with van der Waals surface area (Å²) in [5.74, 6) is 0.352. The van der Waals surface area contributed by atoms with E-state index in [4.69, 9.17) is 4.74 Å². The first kappa shape index (κ1) is 16.0. The van der Waals surface area contributed by atoms with E-state index in [1.165, 1.54) is 7.11 Å². The Hall–Kier alpha value is -1.86. The molecule has 124 valence electrons. The first-order valence-corrected chi connectivity index (χ1v) is 9.08. The van der Waals surface area contributed by atoms with Gasteiger partial charge in [-0.25, -0.2) is 13.1 Å². The lowest BCUT2D eigenvalue weighted by Gasteiger charge is -2.24. The smallest absolute Gasteiger partial charge is 0.244 e. The fraction of sp³-hybridized carbons (Fsp3) is 0.438. The molecule has 6 nitrogen and oxygen atoms in total. The standard InChI is InChI=1S/C16H21N3O3S/c1-11-7-8-15(22-3)16(9-11)23(20,21)18-13-5-4-6-14-12(13)10-17-19(14)2/h7-10,13,18H,4-6H2,1-3H3/t13-/m0/s1. The van der Waals surface area contributed by atoms with Crippen molar-refractivity contribution in [2.24, 2.45) is 7.05 Å². The summed E-state index contributed by atoms with van der Waals surface area (Å²) in [6.45, 7) is 1.86. The zero-order valence-electron chi connectivity index (χ0n) is 13.5. The van der Waals surface area contributed by atoms with Crippen molar-refractivity contribution in [2.45, 2.75) is 37.1 Å². The molecule has 1 heterocycles. The molecule has 0 radical (unpaired) electrons. The predicted molar refractivity (Wildman–Crippen MR) is 86.9 cm³/mol. The summed E-state index contributed by atoms with van der Waals surface area (Å²) in [5.41, 5.74) is 2.94. The molecular weight excluding hydrogens is 314 g/mol. The van der Waals surface area contributed by atoms with Gasteiger partial charge < -0.3 is 4.74 Å². The van der Waals surface area contributed by atoms with Gasteiger partial charge in [0.05, 0.1) is 19.3 Å². The highest BCUT2D eigenvalue weighted by molar-refractivity contribution is 7.89. The molecule has 0 saturated heterocycles. The Kier molecular flexibility index (Phi) is 4.16. The van der Waals surface area contributed by atoms with E-state index in [1.54, 1.807) is 18.3 Å². The Labute approximate surface area is 136 Å². The van der Waals surface area contributed by atoms with Gasteiger partial charge >= 0.3 is 0 Å². The summed E-state index contributed by atoms with van der Waals surface area (Å²) >= 11 is 0. The van der Waals surface area contributed by atoms with E-state index in [-0.39, 0.29) is 10.9 Å². The second-order valence-electron chi connectivity index (χ2n) is 5.89. The van der Waals surface area contributed by atoms with Gasteiger partial charge in [-0.1, -0.05) is 6.07 Å². The van der Waals surface area contributed by atoms with Crippen molar-refractivity contribution in [3.63, 3.8) is 0 Å². The lowest BCUT2D eigenvalue weighted by Crippen LogP contribution is -2.31. The number of sulfonamides is 1. The molecule has 1 aliphatic carbocycles. The van der Waals surface area contributed by atoms with Gasteiger partial charge in [-0.3, -0.25) is 4.68 Å². The zero-order chi connectivity index (χ0) is 16.6. The number of methoxy groups -OCH3 is 1. The Morgan fingerprint density at radius 2 is 2.17 bits per heavy atom. The lowest BCUT2D eigenvalue weighted by atomic mass is 9.94. The third kappa shape index (κ3) is 2.98. The number of aryl methyl sites for hydroxylation is 2. The molecule has 3 rings (SSSR count). The van der Waals surface area contributed by atoms with E-state index in [2.05, 4.69) is 9.82 Å². The molecule has 0 amide bonds. The van der Waals surface area contributed by atoms with Crippen LogP contribution in [0.1, 0.15) is 35.7 Å². The molecule has 2 aromatic rings. The van der Waals surface area contributed by atoms with Gasteiger partial charge in [0.1, 0.15) is 10.6 Å². The quantitative estimate of drug-likeness (QED) is 0.928. The molecule has 7 heteroatoms. The number of hydrogen-bond donors (Lipinski definition) is 1. The van der Waals surface area contributed by atoms with Crippen LogP contribution in [-0.4, -0.2) is 25.3 Å². The normalized spacial score (nSPS) is 17.8. The van der Waals surface area contributed by atoms with E-state index in [0.29, 0.717) is 5.75 Å². The highest BCUT2D eigenvalue weighted by atomic mass is 32.2. The molecule has 23 heavy (non-hydrogen) atoms. The first-order valence-electron chi connectivity index (χ1n) is 7.60. The Bertz CT molecular complexity index is 827. The van der Waals surface area contributed by atoms with Gasteiger partial charge in [0.25, 0.3) is 0 Å². The van der Waals surface area contributed by atoms with Crippen molar-refractivity contribution in [1.29, 1.82) is 0 Å². The maximum Gasteiger partial charge on any atom is 0.244 e. The number of rotatable bonds is 4. The lowest BCUT2D eigenvalue weighted by molar-refractivity contribution is 0.401. The van der Waals surface area contributed by atoms with Crippen molar-refractivity contribution in [2.75, 3.05) is 7.11 Å². The number of hydrogen-bond acceptors (Lipinski definition) is 4. The minimum Gasteiger partial charge on any atom is -0.495 e. The van der Waals surface area contributed by atoms with Gasteiger partial charge in [-0.15, -0.1) is 0 Å². The van der Waals surface area contributed by atoms with Crippen molar-refractivity contribution in [3.8, 4) is 5.75 Å². The van der Waals surface area contributed by atoms with Crippen LogP contribution in [-0.2, 0) is 23.5 Å². The van der Waals surface area contributed by atoms with E-state index < -0.39 is 10.0 Å². The summed E-state index contributed by atoms with van der Waals surface area (Å²) < 4.78 is 35.5. The highest BCUT2D eigenvalue weighted by Crippen LogP contribution is 2.32. The fourth-order valence-electron chi connectivity index (χ4n) is 3.07. The number of nitrogens with zero attached hydrogens (tertiary/aromatic N) is 2. The minimum atomic E-state index is -3.67. The molecule has 0 fully saturated rings. The average molecular weight is 335 g/mol. The van der Waals surface area contributed by atoms with Crippen LogP contribution in [0, 0.1) is 6.92 Å². The monoisotopic (exact) mass is 335 g/mol. The topological polar surface area (TPSA) is 73.2 Å². The molecule has 1 atom stereocenters. The van der Waals surface area contributed by atoms with Crippen LogP contribution in [0.5, 0.6) is 5.75 Å². The molecule has 1 aromatic carbocycles. The number of nitrogens with one attached hydrogen (secondary N) is 1. The predicted octanol–water partition coefficient (Wildman–Crippen LogP) is 2.09. The van der Waals surface area contributed by atoms with Crippen LogP contribution in [0.15, 0.2) is 29.3 Å². The molecular formula is C16H21N3O3S. The van der Waals surface area contributed by atoms with Crippen molar-refractivity contribution >= 4 is 10.0 Å². The maximum absolute atomic E-state index is 12.8. The SMILES string of the molecule is COc1ccc(C)cc1S(=O)(=O)N[C@H]1CCCc2c1cnn2C. The van der Waals surface area contributed by atoms with Crippen molar-refractivity contribution in [1.82, 2.24) is 14.5 Å². The number of benzene rings is 1. The zero-order valence-corrected chi connectivity index (χ0v) is 14.4. The molecule has 1 aromatic heterocycles. The van der Waals surface area contributed by atoms with Crippen LogP contribution in [0.2, 0.25) is 0 Å². The molecule has 1 N–H and O–H groups in total. The van der Waals surface area contributed by atoms with Crippen LogP contribution >= 0.6 is 0 Å². The number of fused-ring (bicyclic) bond motifs is 1. The van der Waals surface area contributed by atoms with Gasteiger partial charge in [0, 0.05) is 18.3 Å². The largest absolute Gasteiger partial charge is 0.495 e. The fourth-order valence-corrected chi connectivity index (χ4v) is 4.58. The molecule has 1 aliphatic rings. The van der Waals surface area contributed by atoms with E-state index in [0.717, 1.165) is 36.1 Å². The number of ether oxygens (including phenoxy) is 1. The Morgan fingerprint density at radius 3 is 2.91 bits per heavy atom. The van der Waals surface area contributed by atoms with Gasteiger partial charge in [-0.2, -0.15) is 5.10 Å². The second kappa shape index (κ2) is 5.98. The average Bonchev–Trinajstić information content (AvgIpc) is 2.90. The van der Waals surface area contributed by atoms with Gasteiger partial charge in [-0.05, 0) is 43.9 Å². The Balaban J connectivity index is 1.95. The molecule has 0 unspecified atom stereocenters. The van der Waals surface area contributed by atoms with Crippen LogP contribution < -0.4 is 9.46 Å². The minimum absolute atomic E-state index is 0.177. The van der Waals surface area contributed by atoms with Gasteiger partial charge in [0.2, 0.25) is 10.0 Å². The van der Waals surface area contributed by atoms with Gasteiger partial charge in [0.15, 0.2) is 0 Å². The van der Waals surface area contributed by atoms with E-state index in [9.17, 15) is 8.42 Å².